The van der Waals surface area contributed by atoms with Crippen molar-refractivity contribution in [3.63, 3.8) is 0 Å². The second-order valence-corrected chi connectivity index (χ2v) is 8.58. The number of alkyl carbamates (subject to hydrolysis) is 1. The van der Waals surface area contributed by atoms with Crippen LogP contribution >= 0.6 is 0 Å². The minimum atomic E-state index is -1.22. The van der Waals surface area contributed by atoms with Gasteiger partial charge in [-0.05, 0) is 25.0 Å². The van der Waals surface area contributed by atoms with Crippen molar-refractivity contribution in [3.05, 3.63) is 84.1 Å². The number of primary amides is 1. The third kappa shape index (κ3) is 12.3. The highest BCUT2D eigenvalue weighted by Gasteiger charge is 2.25. The van der Waals surface area contributed by atoms with Crippen molar-refractivity contribution in [2.45, 2.75) is 39.1 Å². The third-order valence-corrected chi connectivity index (χ3v) is 5.17. The summed E-state index contributed by atoms with van der Waals surface area (Å²) in [6.07, 6.45) is -0.351. The van der Waals surface area contributed by atoms with Gasteiger partial charge in [0.25, 0.3) is 5.91 Å². The number of hydrazine groups is 1. The van der Waals surface area contributed by atoms with Crippen LogP contribution in [0.4, 0.5) is 9.59 Å². The molecule has 2 aromatic carbocycles. The van der Waals surface area contributed by atoms with Gasteiger partial charge in [0.2, 0.25) is 17.7 Å². The Bertz CT molecular complexity index is 1240. The molecule has 6 amide bonds. The average Bonchev–Trinajstić information content (AvgIpc) is 2.95. The van der Waals surface area contributed by atoms with Crippen molar-refractivity contribution >= 4 is 35.8 Å². The first kappa shape index (κ1) is 31.8. The van der Waals surface area contributed by atoms with E-state index in [1.54, 1.807) is 24.3 Å². The molecule has 0 heterocycles. The van der Waals surface area contributed by atoms with Crippen LogP contribution < -0.4 is 27.1 Å². The van der Waals surface area contributed by atoms with Gasteiger partial charge in [-0.3, -0.25) is 24.6 Å². The summed E-state index contributed by atoms with van der Waals surface area (Å²) in [5.41, 5.74) is 8.87. The van der Waals surface area contributed by atoms with E-state index in [1.165, 1.54) is 13.8 Å². The monoisotopic (exact) mass is 568 g/mol. The second-order valence-electron chi connectivity index (χ2n) is 8.58. The van der Waals surface area contributed by atoms with Crippen LogP contribution in [0.25, 0.3) is 0 Å². The van der Waals surface area contributed by atoms with Gasteiger partial charge in [-0.2, -0.15) is 0 Å². The zero-order valence-electron chi connectivity index (χ0n) is 22.5. The molecule has 2 rings (SSSR count). The van der Waals surface area contributed by atoms with Gasteiger partial charge < -0.3 is 31.2 Å². The van der Waals surface area contributed by atoms with Crippen LogP contribution in [0.1, 0.15) is 25.0 Å². The number of rotatable bonds is 12. The van der Waals surface area contributed by atoms with Crippen molar-refractivity contribution < 1.29 is 38.2 Å². The Kier molecular flexibility index (Phi) is 12.8. The molecule has 0 saturated heterocycles. The Morgan fingerprint density at radius 3 is 2.05 bits per heavy atom. The van der Waals surface area contributed by atoms with Crippen molar-refractivity contribution in [2.75, 3.05) is 6.54 Å². The molecular formula is C27H32N6O8. The Hall–Kier alpha value is -5.40. The van der Waals surface area contributed by atoms with Crippen molar-refractivity contribution in [3.8, 4) is 0 Å². The smallest absolute Gasteiger partial charge is 0.434 e. The highest BCUT2D eigenvalue weighted by Crippen LogP contribution is 2.01. The summed E-state index contributed by atoms with van der Waals surface area (Å²) >= 11 is 0. The number of ether oxygens (including phenoxy) is 2. The highest BCUT2D eigenvalue weighted by molar-refractivity contribution is 5.92. The van der Waals surface area contributed by atoms with E-state index in [-0.39, 0.29) is 13.2 Å². The maximum Gasteiger partial charge on any atom is 0.434 e. The fraction of sp³-hybridized carbons (Fsp3) is 0.259. The number of hydrogen-bond donors (Lipinski definition) is 5. The minimum Gasteiger partial charge on any atom is -0.445 e. The quantitative estimate of drug-likeness (QED) is 0.139. The van der Waals surface area contributed by atoms with E-state index in [1.807, 2.05) is 36.4 Å². The lowest BCUT2D eigenvalue weighted by Gasteiger charge is -2.23. The van der Waals surface area contributed by atoms with Gasteiger partial charge >= 0.3 is 12.2 Å². The summed E-state index contributed by atoms with van der Waals surface area (Å²) < 4.78 is 9.86. The molecule has 0 radical (unpaired) electrons. The van der Waals surface area contributed by atoms with Gasteiger partial charge in [-0.25, -0.2) is 14.6 Å². The van der Waals surface area contributed by atoms with Crippen molar-refractivity contribution in [1.82, 2.24) is 26.4 Å². The molecule has 6 N–H and O–H groups in total. The number of carbonyl (C=O) groups is 6. The van der Waals surface area contributed by atoms with E-state index >= 15 is 0 Å². The lowest BCUT2D eigenvalue weighted by Crippen LogP contribution is -2.56. The molecule has 0 aliphatic carbocycles. The molecule has 0 aliphatic rings. The molecule has 0 fully saturated rings. The third-order valence-electron chi connectivity index (χ3n) is 5.17. The summed E-state index contributed by atoms with van der Waals surface area (Å²) in [6.45, 7) is 2.17. The Morgan fingerprint density at radius 2 is 1.44 bits per heavy atom. The fourth-order valence-electron chi connectivity index (χ4n) is 3.01. The van der Waals surface area contributed by atoms with E-state index in [4.69, 9.17) is 15.2 Å². The molecule has 0 unspecified atom stereocenters. The first-order chi connectivity index (χ1) is 19.5. The molecule has 0 spiro atoms. The lowest BCUT2D eigenvalue weighted by atomic mass is 10.2. The van der Waals surface area contributed by atoms with Gasteiger partial charge in [0.1, 0.15) is 31.5 Å². The summed E-state index contributed by atoms with van der Waals surface area (Å²) in [5, 5.41) is 7.76. The number of nitrogens with two attached hydrogens (primary N) is 1. The average molecular weight is 569 g/mol. The number of benzene rings is 2. The lowest BCUT2D eigenvalue weighted by molar-refractivity contribution is -0.132. The molecule has 2 atom stereocenters. The largest absolute Gasteiger partial charge is 0.445 e. The number of nitrogens with one attached hydrogen (secondary N) is 4. The van der Waals surface area contributed by atoms with Gasteiger partial charge in [-0.1, -0.05) is 60.7 Å². The number of nitrogens with zero attached hydrogens (tertiary/aromatic N) is 1. The van der Waals surface area contributed by atoms with E-state index < -0.39 is 54.4 Å². The molecule has 2 aromatic rings. The minimum absolute atomic E-state index is 0.000826. The van der Waals surface area contributed by atoms with Crippen molar-refractivity contribution in [1.29, 1.82) is 0 Å². The van der Waals surface area contributed by atoms with Crippen LogP contribution in [0.5, 0.6) is 0 Å². The van der Waals surface area contributed by atoms with E-state index in [2.05, 4.69) is 21.4 Å². The summed E-state index contributed by atoms with van der Waals surface area (Å²) in [5.74, 6) is -3.16. The van der Waals surface area contributed by atoms with Crippen molar-refractivity contribution in [2.24, 2.45) is 5.73 Å². The first-order valence-corrected chi connectivity index (χ1v) is 12.4. The molecule has 14 heteroatoms. The molecule has 0 aromatic heterocycles. The van der Waals surface area contributed by atoms with Gasteiger partial charge in [-0.15, -0.1) is 0 Å². The molecule has 0 aliphatic heterocycles. The summed E-state index contributed by atoms with van der Waals surface area (Å²) in [4.78, 5) is 72.6. The maximum absolute atomic E-state index is 12.6. The molecule has 14 nitrogen and oxygen atoms in total. The Balaban J connectivity index is 1.81. The van der Waals surface area contributed by atoms with E-state index in [9.17, 15) is 28.8 Å². The second kappa shape index (κ2) is 16.5. The number of carbonyl (C=O) groups excluding carboxylic acids is 6. The standard InChI is InChI=1S/C27H32N6O8/c1-18(31-26(38)41-17-21-11-7-4-8-12-21)24(36)30-19(2)25(37)32-33(16-22(28)34)27(39)40-14-13-23(35)29-15-20-9-5-3-6-10-20/h3-14,18-19H,15-17H2,1-2H3,(H2,28,34)(H,29,35)(H,30,36)(H,31,38)(H,32,37)/b14-13+/t18-,19-/m0/s1. The molecule has 218 valence electrons. The maximum atomic E-state index is 12.6. The zero-order chi connectivity index (χ0) is 30.2. The number of amides is 6. The van der Waals surface area contributed by atoms with E-state index in [0.29, 0.717) is 5.01 Å². The predicted molar refractivity (Wildman–Crippen MR) is 145 cm³/mol. The van der Waals surface area contributed by atoms with E-state index in [0.717, 1.165) is 23.5 Å². The predicted octanol–water partition coefficient (Wildman–Crippen LogP) is 0.591. The topological polar surface area (TPSA) is 198 Å². The van der Waals surface area contributed by atoms with Crippen LogP contribution in [-0.2, 0) is 41.8 Å². The number of hydrogen-bond acceptors (Lipinski definition) is 8. The van der Waals surface area contributed by atoms with Crippen LogP contribution in [0, 0.1) is 0 Å². The Morgan fingerprint density at radius 1 is 0.854 bits per heavy atom. The van der Waals surface area contributed by atoms with Crippen LogP contribution in [0.2, 0.25) is 0 Å². The first-order valence-electron chi connectivity index (χ1n) is 12.4. The van der Waals surface area contributed by atoms with Crippen LogP contribution in [0.15, 0.2) is 73.0 Å². The molecule has 0 bridgehead atoms. The molecule has 41 heavy (non-hydrogen) atoms. The Labute approximate surface area is 236 Å². The highest BCUT2D eigenvalue weighted by atomic mass is 16.6. The van der Waals surface area contributed by atoms with Gasteiger partial charge in [0.15, 0.2) is 0 Å². The van der Waals surface area contributed by atoms with Crippen LogP contribution in [0.3, 0.4) is 0 Å². The van der Waals surface area contributed by atoms with Gasteiger partial charge in [0, 0.05) is 12.6 Å². The molecule has 0 saturated carbocycles. The SMILES string of the molecule is C[C@H](NC(=O)OCc1ccccc1)C(=O)N[C@@H](C)C(=O)NN(CC(N)=O)C(=O)O/C=C/C(=O)NCc1ccccc1. The normalized spacial score (nSPS) is 11.9. The summed E-state index contributed by atoms with van der Waals surface area (Å²) in [7, 11) is 0. The molecular weight excluding hydrogens is 536 g/mol. The summed E-state index contributed by atoms with van der Waals surface area (Å²) in [6, 6.07) is 15.7. The van der Waals surface area contributed by atoms with Crippen LogP contribution in [-0.4, -0.2) is 59.5 Å². The van der Waals surface area contributed by atoms with Gasteiger partial charge in [0.05, 0.1) is 0 Å². The zero-order valence-corrected chi connectivity index (χ0v) is 22.5. The fourth-order valence-corrected chi connectivity index (χ4v) is 3.01.